The number of rotatable bonds is 6. The monoisotopic (exact) mass is 436 g/mol. The first-order chi connectivity index (χ1) is 14.2. The standard InChI is InChI=1S/C21H28N2O4S2/c24-20(8-4-1-5-16-9-14-28-29-16)22-10-12-23(13-11-22)21(25)19-15-26-17-6-2-3-7-18(17)27-19/h2-3,6-7,16,19H,1,4-5,8-15H2/t16-,19-/m0/s1. The number of nitrogens with zero attached hydrogens (tertiary/aromatic N) is 2. The van der Waals surface area contributed by atoms with Crippen molar-refractivity contribution in [1.82, 2.24) is 9.80 Å². The average Bonchev–Trinajstić information content (AvgIpc) is 3.29. The number of carbonyl (C=O) groups is 2. The van der Waals surface area contributed by atoms with Gasteiger partial charge in [-0.3, -0.25) is 9.59 Å². The van der Waals surface area contributed by atoms with E-state index in [0.29, 0.717) is 44.1 Å². The van der Waals surface area contributed by atoms with Crippen LogP contribution in [0.5, 0.6) is 11.5 Å². The molecule has 0 N–H and O–H groups in total. The van der Waals surface area contributed by atoms with Gasteiger partial charge in [0.15, 0.2) is 11.5 Å². The lowest BCUT2D eigenvalue weighted by molar-refractivity contribution is -0.146. The summed E-state index contributed by atoms with van der Waals surface area (Å²) in [5, 5.41) is 0.780. The molecule has 1 aromatic rings. The van der Waals surface area contributed by atoms with E-state index in [1.165, 1.54) is 18.6 Å². The number of carbonyl (C=O) groups excluding carboxylic acids is 2. The number of para-hydroxylation sites is 2. The zero-order chi connectivity index (χ0) is 20.1. The second kappa shape index (κ2) is 9.98. The Bertz CT molecular complexity index is 718. The minimum atomic E-state index is -0.612. The molecule has 29 heavy (non-hydrogen) atoms. The molecule has 0 spiro atoms. The molecule has 4 rings (SSSR count). The molecular weight excluding hydrogens is 408 g/mol. The van der Waals surface area contributed by atoms with Gasteiger partial charge < -0.3 is 19.3 Å². The number of hydrogen-bond acceptors (Lipinski definition) is 6. The molecule has 3 aliphatic rings. The predicted octanol–water partition coefficient (Wildman–Crippen LogP) is 3.21. The first-order valence-corrected chi connectivity index (χ1v) is 12.8. The van der Waals surface area contributed by atoms with Gasteiger partial charge in [0, 0.05) is 43.6 Å². The van der Waals surface area contributed by atoms with E-state index in [0.717, 1.165) is 18.1 Å². The molecule has 0 saturated carbocycles. The van der Waals surface area contributed by atoms with Crippen molar-refractivity contribution in [3.63, 3.8) is 0 Å². The molecule has 8 heteroatoms. The fourth-order valence-corrected chi connectivity index (χ4v) is 6.92. The summed E-state index contributed by atoms with van der Waals surface area (Å²) in [6, 6.07) is 7.40. The summed E-state index contributed by atoms with van der Waals surface area (Å²) >= 11 is 0. The van der Waals surface area contributed by atoms with Crippen molar-refractivity contribution < 1.29 is 19.1 Å². The molecule has 2 amide bonds. The Labute approximate surface area is 180 Å². The Morgan fingerprint density at radius 2 is 1.79 bits per heavy atom. The molecule has 2 atom stereocenters. The van der Waals surface area contributed by atoms with Crippen LogP contribution >= 0.6 is 21.6 Å². The van der Waals surface area contributed by atoms with Gasteiger partial charge in [-0.15, -0.1) is 0 Å². The van der Waals surface area contributed by atoms with Gasteiger partial charge in [-0.05, 0) is 31.4 Å². The van der Waals surface area contributed by atoms with Gasteiger partial charge in [0.1, 0.15) is 6.61 Å². The number of piperazine rings is 1. The average molecular weight is 437 g/mol. The van der Waals surface area contributed by atoms with Crippen LogP contribution in [0.3, 0.4) is 0 Å². The smallest absolute Gasteiger partial charge is 0.267 e. The highest BCUT2D eigenvalue weighted by atomic mass is 33.1. The van der Waals surface area contributed by atoms with Crippen LogP contribution in [-0.2, 0) is 9.59 Å². The van der Waals surface area contributed by atoms with Gasteiger partial charge in [0.2, 0.25) is 12.0 Å². The molecule has 0 unspecified atom stereocenters. The Morgan fingerprint density at radius 3 is 2.55 bits per heavy atom. The fourth-order valence-electron chi connectivity index (χ4n) is 3.89. The Morgan fingerprint density at radius 1 is 1.03 bits per heavy atom. The first-order valence-electron chi connectivity index (χ1n) is 10.4. The van der Waals surface area contributed by atoms with E-state index in [4.69, 9.17) is 9.47 Å². The minimum absolute atomic E-state index is 0.0569. The van der Waals surface area contributed by atoms with Crippen molar-refractivity contribution in [1.29, 1.82) is 0 Å². The van der Waals surface area contributed by atoms with Crippen LogP contribution in [0.4, 0.5) is 0 Å². The second-order valence-corrected chi connectivity index (χ2v) is 10.4. The highest BCUT2D eigenvalue weighted by Gasteiger charge is 2.33. The molecule has 2 fully saturated rings. The maximum atomic E-state index is 12.8. The molecule has 2 saturated heterocycles. The normalized spacial score (nSPS) is 23.9. The first kappa shape index (κ1) is 20.7. The van der Waals surface area contributed by atoms with Crippen molar-refractivity contribution in [3.8, 4) is 11.5 Å². The molecule has 3 aliphatic heterocycles. The summed E-state index contributed by atoms with van der Waals surface area (Å²) in [7, 11) is 3.98. The lowest BCUT2D eigenvalue weighted by atomic mass is 10.1. The van der Waals surface area contributed by atoms with E-state index in [1.807, 2.05) is 50.8 Å². The lowest BCUT2D eigenvalue weighted by Crippen LogP contribution is -2.55. The van der Waals surface area contributed by atoms with Crippen LogP contribution in [0, 0.1) is 0 Å². The summed E-state index contributed by atoms with van der Waals surface area (Å²) in [4.78, 5) is 29.0. The van der Waals surface area contributed by atoms with Crippen molar-refractivity contribution >= 4 is 33.4 Å². The molecule has 0 aliphatic carbocycles. The molecule has 1 aromatic carbocycles. The van der Waals surface area contributed by atoms with Crippen molar-refractivity contribution in [2.75, 3.05) is 38.5 Å². The summed E-state index contributed by atoms with van der Waals surface area (Å²) in [6.45, 7) is 2.55. The minimum Gasteiger partial charge on any atom is -0.485 e. The van der Waals surface area contributed by atoms with Crippen molar-refractivity contribution in [2.45, 2.75) is 43.5 Å². The predicted molar refractivity (Wildman–Crippen MR) is 116 cm³/mol. The third-order valence-corrected chi connectivity index (χ3v) is 8.63. The van der Waals surface area contributed by atoms with Crippen molar-refractivity contribution in [2.24, 2.45) is 0 Å². The summed E-state index contributed by atoms with van der Waals surface area (Å²) in [5.41, 5.74) is 0. The molecular formula is C21H28N2O4S2. The zero-order valence-corrected chi connectivity index (χ0v) is 18.2. The third-order valence-electron chi connectivity index (χ3n) is 5.62. The van der Waals surface area contributed by atoms with Crippen LogP contribution in [0.2, 0.25) is 0 Å². The number of ether oxygens (including phenoxy) is 2. The summed E-state index contributed by atoms with van der Waals surface area (Å²) in [6.07, 6.45) is 4.63. The summed E-state index contributed by atoms with van der Waals surface area (Å²) in [5.74, 6) is 2.72. The number of benzene rings is 1. The summed E-state index contributed by atoms with van der Waals surface area (Å²) < 4.78 is 11.5. The van der Waals surface area contributed by atoms with E-state index in [-0.39, 0.29) is 18.4 Å². The largest absolute Gasteiger partial charge is 0.485 e. The molecule has 3 heterocycles. The van der Waals surface area contributed by atoms with Gasteiger partial charge in [0.25, 0.3) is 5.91 Å². The number of fused-ring (bicyclic) bond motifs is 1. The van der Waals surface area contributed by atoms with E-state index in [9.17, 15) is 9.59 Å². The topological polar surface area (TPSA) is 59.1 Å². The maximum Gasteiger partial charge on any atom is 0.267 e. The molecule has 158 valence electrons. The van der Waals surface area contributed by atoms with E-state index in [1.54, 1.807) is 4.90 Å². The number of hydrogen-bond donors (Lipinski definition) is 0. The second-order valence-electron chi connectivity index (χ2n) is 7.64. The molecule has 0 bridgehead atoms. The Balaban J connectivity index is 1.17. The molecule has 0 radical (unpaired) electrons. The number of amides is 2. The van der Waals surface area contributed by atoms with Crippen LogP contribution in [0.15, 0.2) is 24.3 Å². The van der Waals surface area contributed by atoms with Gasteiger partial charge >= 0.3 is 0 Å². The van der Waals surface area contributed by atoms with Crippen LogP contribution in [0.1, 0.15) is 32.1 Å². The van der Waals surface area contributed by atoms with E-state index in [2.05, 4.69) is 0 Å². The van der Waals surface area contributed by atoms with E-state index < -0.39 is 6.10 Å². The van der Waals surface area contributed by atoms with Crippen LogP contribution < -0.4 is 9.47 Å². The quantitative estimate of drug-likeness (QED) is 0.504. The highest BCUT2D eigenvalue weighted by Crippen LogP contribution is 2.40. The van der Waals surface area contributed by atoms with E-state index >= 15 is 0 Å². The van der Waals surface area contributed by atoms with Gasteiger partial charge in [-0.2, -0.15) is 0 Å². The van der Waals surface area contributed by atoms with Crippen LogP contribution in [-0.4, -0.2) is 71.5 Å². The molecule has 0 aromatic heterocycles. The maximum absolute atomic E-state index is 12.8. The highest BCUT2D eigenvalue weighted by molar-refractivity contribution is 8.77. The number of unbranched alkanes of at least 4 members (excludes halogenated alkanes) is 1. The van der Waals surface area contributed by atoms with Gasteiger partial charge in [-0.25, -0.2) is 0 Å². The Hall–Kier alpha value is -1.54. The molecule has 6 nitrogen and oxygen atoms in total. The lowest BCUT2D eigenvalue weighted by Gasteiger charge is -2.37. The van der Waals surface area contributed by atoms with Gasteiger partial charge in [0.05, 0.1) is 0 Å². The SMILES string of the molecule is O=C(CCCC[C@H]1CCSS1)N1CCN(C(=O)[C@@H]2COc3ccccc3O2)CC1. The van der Waals surface area contributed by atoms with Gasteiger partial charge in [-0.1, -0.05) is 40.1 Å². The zero-order valence-electron chi connectivity index (χ0n) is 16.6. The van der Waals surface area contributed by atoms with Crippen molar-refractivity contribution in [3.05, 3.63) is 24.3 Å². The van der Waals surface area contributed by atoms with Crippen LogP contribution in [0.25, 0.3) is 0 Å². The Kier molecular flexibility index (Phi) is 7.13. The third kappa shape index (κ3) is 5.34. The fraction of sp³-hybridized carbons (Fsp3) is 0.619.